The molecule has 32 heavy (non-hydrogen) atoms. The fraction of sp³-hybridized carbons (Fsp3) is 0.286. The summed E-state index contributed by atoms with van der Waals surface area (Å²) in [7, 11) is -3.84. The largest absolute Gasteiger partial charge is 0.452 e. The number of hydrogen-bond acceptors (Lipinski definition) is 7. The molecule has 1 aliphatic rings. The van der Waals surface area contributed by atoms with Crippen molar-refractivity contribution in [2.45, 2.75) is 11.8 Å². The Morgan fingerprint density at radius 2 is 1.84 bits per heavy atom. The van der Waals surface area contributed by atoms with E-state index >= 15 is 0 Å². The number of halogens is 1. The van der Waals surface area contributed by atoms with Crippen LogP contribution in [0.5, 0.6) is 0 Å². The topological polar surface area (TPSA) is 119 Å². The number of esters is 1. The summed E-state index contributed by atoms with van der Waals surface area (Å²) in [6.45, 7) is 1.75. The molecule has 0 bridgehead atoms. The zero-order valence-electron chi connectivity index (χ0n) is 17.2. The molecule has 0 saturated carbocycles. The van der Waals surface area contributed by atoms with Gasteiger partial charge < -0.3 is 14.8 Å². The lowest BCUT2D eigenvalue weighted by Gasteiger charge is -2.26. The van der Waals surface area contributed by atoms with Crippen molar-refractivity contribution in [2.24, 2.45) is 0 Å². The third-order valence-electron chi connectivity index (χ3n) is 4.65. The molecule has 1 saturated heterocycles. The van der Waals surface area contributed by atoms with Gasteiger partial charge in [0.05, 0.1) is 28.7 Å². The number of amides is 1. The van der Waals surface area contributed by atoms with E-state index in [1.165, 1.54) is 29.4 Å². The third-order valence-corrected chi connectivity index (χ3v) is 6.88. The summed E-state index contributed by atoms with van der Waals surface area (Å²) in [6.07, 6.45) is 0. The summed E-state index contributed by atoms with van der Waals surface area (Å²) in [5.41, 5.74) is 0.618. The molecular formula is C21H21ClN2O7S. The minimum atomic E-state index is -3.84. The number of carbonyl (C=O) groups is 3. The summed E-state index contributed by atoms with van der Waals surface area (Å²) in [4.78, 5) is 35.9. The molecule has 1 aliphatic heterocycles. The first-order valence-electron chi connectivity index (χ1n) is 9.64. The standard InChI is InChI=1S/C21H21ClN2O7S/c1-14(25)15-3-2-4-16(11-15)23-20(26)13-31-21(27)18-12-17(5-6-19(18)22)32(28,29)24-7-9-30-10-8-24/h2-6,11-12H,7-10,13H2,1H3,(H,23,26). The van der Waals surface area contributed by atoms with Gasteiger partial charge in [-0.05, 0) is 37.3 Å². The van der Waals surface area contributed by atoms with Crippen LogP contribution in [0.3, 0.4) is 0 Å². The molecule has 2 aromatic rings. The van der Waals surface area contributed by atoms with E-state index in [-0.39, 0.29) is 47.6 Å². The van der Waals surface area contributed by atoms with Crippen LogP contribution in [0.25, 0.3) is 0 Å². The van der Waals surface area contributed by atoms with Crippen LogP contribution in [0, 0.1) is 0 Å². The van der Waals surface area contributed by atoms with E-state index in [0.717, 1.165) is 6.07 Å². The summed E-state index contributed by atoms with van der Waals surface area (Å²) >= 11 is 6.06. The van der Waals surface area contributed by atoms with Crippen LogP contribution in [0.15, 0.2) is 47.4 Å². The Morgan fingerprint density at radius 3 is 2.53 bits per heavy atom. The number of ketones is 1. The minimum absolute atomic E-state index is 0.00880. The molecule has 0 unspecified atom stereocenters. The van der Waals surface area contributed by atoms with Crippen LogP contribution in [0.1, 0.15) is 27.6 Å². The number of benzene rings is 2. The van der Waals surface area contributed by atoms with E-state index in [2.05, 4.69) is 5.32 Å². The average molecular weight is 481 g/mol. The summed E-state index contributed by atoms with van der Waals surface area (Å²) in [6, 6.07) is 10.0. The Labute approximate surface area is 190 Å². The van der Waals surface area contributed by atoms with Gasteiger partial charge in [-0.1, -0.05) is 23.7 Å². The number of nitrogens with zero attached hydrogens (tertiary/aromatic N) is 1. The first-order valence-corrected chi connectivity index (χ1v) is 11.5. The highest BCUT2D eigenvalue weighted by atomic mass is 35.5. The van der Waals surface area contributed by atoms with Gasteiger partial charge in [0.15, 0.2) is 12.4 Å². The van der Waals surface area contributed by atoms with Gasteiger partial charge in [0.25, 0.3) is 5.91 Å². The second-order valence-electron chi connectivity index (χ2n) is 6.92. The lowest BCUT2D eigenvalue weighted by Crippen LogP contribution is -2.40. The molecule has 1 heterocycles. The number of ether oxygens (including phenoxy) is 2. The van der Waals surface area contributed by atoms with Crippen LogP contribution in [0.2, 0.25) is 5.02 Å². The van der Waals surface area contributed by atoms with Gasteiger partial charge in [-0.3, -0.25) is 9.59 Å². The van der Waals surface area contributed by atoms with Gasteiger partial charge in [0.2, 0.25) is 10.0 Å². The van der Waals surface area contributed by atoms with Gasteiger partial charge >= 0.3 is 5.97 Å². The quantitative estimate of drug-likeness (QED) is 0.477. The highest BCUT2D eigenvalue weighted by Gasteiger charge is 2.28. The average Bonchev–Trinajstić information content (AvgIpc) is 2.78. The van der Waals surface area contributed by atoms with E-state index in [4.69, 9.17) is 21.1 Å². The van der Waals surface area contributed by atoms with Crippen molar-refractivity contribution < 1.29 is 32.3 Å². The highest BCUT2D eigenvalue weighted by Crippen LogP contribution is 2.24. The predicted molar refractivity (Wildman–Crippen MR) is 116 cm³/mol. The predicted octanol–water partition coefficient (Wildman–Crippen LogP) is 2.36. The molecule has 1 amide bonds. The second-order valence-corrected chi connectivity index (χ2v) is 9.26. The van der Waals surface area contributed by atoms with E-state index in [9.17, 15) is 22.8 Å². The number of rotatable bonds is 7. The molecule has 3 rings (SSSR count). The summed E-state index contributed by atoms with van der Waals surface area (Å²) in [5.74, 6) is -1.73. The lowest BCUT2D eigenvalue weighted by atomic mass is 10.1. The van der Waals surface area contributed by atoms with Crippen molar-refractivity contribution in [3.8, 4) is 0 Å². The minimum Gasteiger partial charge on any atom is -0.452 e. The van der Waals surface area contributed by atoms with Crippen LogP contribution in [-0.4, -0.2) is 63.3 Å². The number of Topliss-reactive ketones (excluding diaryl/α,β-unsaturated/α-hetero) is 1. The Bertz CT molecular complexity index is 1140. The number of anilines is 1. The third kappa shape index (κ3) is 5.71. The van der Waals surface area contributed by atoms with Crippen molar-refractivity contribution in [2.75, 3.05) is 38.2 Å². The maximum absolute atomic E-state index is 12.8. The van der Waals surface area contributed by atoms with Crippen LogP contribution in [0.4, 0.5) is 5.69 Å². The molecule has 2 aromatic carbocycles. The smallest absolute Gasteiger partial charge is 0.340 e. The van der Waals surface area contributed by atoms with Crippen molar-refractivity contribution in [1.29, 1.82) is 0 Å². The van der Waals surface area contributed by atoms with Crippen LogP contribution >= 0.6 is 11.6 Å². The number of sulfonamides is 1. The van der Waals surface area contributed by atoms with Crippen molar-refractivity contribution in [3.05, 3.63) is 58.6 Å². The van der Waals surface area contributed by atoms with E-state index in [1.807, 2.05) is 0 Å². The number of hydrogen-bond donors (Lipinski definition) is 1. The lowest BCUT2D eigenvalue weighted by molar-refractivity contribution is -0.119. The van der Waals surface area contributed by atoms with Gasteiger partial charge in [-0.25, -0.2) is 13.2 Å². The molecule has 1 fully saturated rings. The fourth-order valence-corrected chi connectivity index (χ4v) is 4.61. The van der Waals surface area contributed by atoms with Crippen molar-refractivity contribution >= 4 is 45.0 Å². The van der Waals surface area contributed by atoms with Gasteiger partial charge in [-0.15, -0.1) is 0 Å². The maximum atomic E-state index is 12.8. The Hall–Kier alpha value is -2.79. The van der Waals surface area contributed by atoms with Crippen molar-refractivity contribution in [3.63, 3.8) is 0 Å². The number of nitrogens with one attached hydrogen (secondary N) is 1. The van der Waals surface area contributed by atoms with E-state index in [0.29, 0.717) is 11.3 Å². The second kappa shape index (κ2) is 10.2. The molecule has 0 aromatic heterocycles. The Balaban J connectivity index is 1.67. The normalized spacial score (nSPS) is 14.6. The molecule has 0 radical (unpaired) electrons. The molecule has 9 nitrogen and oxygen atoms in total. The highest BCUT2D eigenvalue weighted by molar-refractivity contribution is 7.89. The summed E-state index contributed by atoms with van der Waals surface area (Å²) in [5, 5.41) is 2.51. The van der Waals surface area contributed by atoms with Crippen LogP contribution in [-0.2, 0) is 24.3 Å². The van der Waals surface area contributed by atoms with Gasteiger partial charge in [0, 0.05) is 24.3 Å². The SMILES string of the molecule is CC(=O)c1cccc(NC(=O)COC(=O)c2cc(S(=O)(=O)N3CCOCC3)ccc2Cl)c1. The number of carbonyl (C=O) groups excluding carboxylic acids is 3. The molecule has 11 heteroatoms. The zero-order valence-corrected chi connectivity index (χ0v) is 18.7. The fourth-order valence-electron chi connectivity index (χ4n) is 2.98. The molecule has 0 aliphatic carbocycles. The first kappa shape index (κ1) is 23.9. The van der Waals surface area contributed by atoms with E-state index in [1.54, 1.807) is 18.2 Å². The number of morpholine rings is 1. The molecular weight excluding hydrogens is 460 g/mol. The van der Waals surface area contributed by atoms with Gasteiger partial charge in [0.1, 0.15) is 0 Å². The molecule has 0 spiro atoms. The molecule has 170 valence electrons. The summed E-state index contributed by atoms with van der Waals surface area (Å²) < 4.78 is 37.0. The maximum Gasteiger partial charge on any atom is 0.340 e. The Kier molecular flexibility index (Phi) is 7.62. The Morgan fingerprint density at radius 1 is 1.12 bits per heavy atom. The van der Waals surface area contributed by atoms with E-state index < -0.39 is 28.5 Å². The molecule has 0 atom stereocenters. The van der Waals surface area contributed by atoms with Crippen molar-refractivity contribution in [1.82, 2.24) is 4.31 Å². The van der Waals surface area contributed by atoms with Gasteiger partial charge in [-0.2, -0.15) is 4.31 Å². The first-order chi connectivity index (χ1) is 15.2. The van der Waals surface area contributed by atoms with Crippen LogP contribution < -0.4 is 5.32 Å². The monoisotopic (exact) mass is 480 g/mol. The zero-order chi connectivity index (χ0) is 23.3. The molecule has 1 N–H and O–H groups in total.